The number of fused-ring (bicyclic) bond motifs is 1. The van der Waals surface area contributed by atoms with Crippen LogP contribution in [0.25, 0.3) is 16.8 Å². The molecule has 186 valence electrons. The lowest BCUT2D eigenvalue weighted by Crippen LogP contribution is -2.21. The third kappa shape index (κ3) is 6.11. The predicted octanol–water partition coefficient (Wildman–Crippen LogP) is 7.46. The molecule has 0 saturated carbocycles. The van der Waals surface area contributed by atoms with Crippen molar-refractivity contribution in [3.05, 3.63) is 107 Å². The summed E-state index contributed by atoms with van der Waals surface area (Å²) in [5, 5.41) is 15.2. The Bertz CT molecular complexity index is 1470. The molecule has 4 aromatic carbocycles. The molecule has 0 heterocycles. The van der Waals surface area contributed by atoms with Crippen molar-refractivity contribution in [3.8, 4) is 11.8 Å². The fourth-order valence-electron chi connectivity index (χ4n) is 4.16. The summed E-state index contributed by atoms with van der Waals surface area (Å²) in [6.07, 6.45) is 1.59. The Morgan fingerprint density at radius 3 is 2.38 bits per heavy atom. The quantitative estimate of drug-likeness (QED) is 0.188. The molecule has 0 bridgehead atoms. The Balaban J connectivity index is 1.63. The van der Waals surface area contributed by atoms with E-state index in [4.69, 9.17) is 16.3 Å². The van der Waals surface area contributed by atoms with Gasteiger partial charge in [0.05, 0.1) is 0 Å². The molecule has 0 spiro atoms. The van der Waals surface area contributed by atoms with Gasteiger partial charge in [-0.2, -0.15) is 5.26 Å². The summed E-state index contributed by atoms with van der Waals surface area (Å²) in [5.41, 5.74) is 3.18. The lowest BCUT2D eigenvalue weighted by atomic mass is 10.0. The molecule has 0 atom stereocenters. The monoisotopic (exact) mass is 509 g/mol. The standard InChI is InChI=1S/C31H28ClN3O2/c1-3-35(4-2)26-16-14-25(15-17-26)34-31(36)24(20-33)19-28-27-11-7-5-9-22(27)13-18-30(28)37-21-23-10-6-8-12-29(23)32/h5-19H,3-4,21H2,1-2H3,(H,34,36)/b24-19-. The van der Waals surface area contributed by atoms with Crippen molar-refractivity contribution >= 4 is 45.7 Å². The zero-order valence-electron chi connectivity index (χ0n) is 20.9. The molecule has 0 aliphatic rings. The van der Waals surface area contributed by atoms with Crippen LogP contribution in [0.4, 0.5) is 11.4 Å². The summed E-state index contributed by atoms with van der Waals surface area (Å²) >= 11 is 6.30. The van der Waals surface area contributed by atoms with Crippen molar-refractivity contribution < 1.29 is 9.53 Å². The van der Waals surface area contributed by atoms with Gasteiger partial charge in [0.25, 0.3) is 5.91 Å². The molecular weight excluding hydrogens is 482 g/mol. The van der Waals surface area contributed by atoms with E-state index in [1.807, 2.05) is 84.9 Å². The number of nitrogens with zero attached hydrogens (tertiary/aromatic N) is 2. The number of anilines is 2. The van der Waals surface area contributed by atoms with E-state index in [-0.39, 0.29) is 12.2 Å². The fraction of sp³-hybridized carbons (Fsp3) is 0.161. The first kappa shape index (κ1) is 25.8. The number of carbonyl (C=O) groups is 1. The number of benzene rings is 4. The van der Waals surface area contributed by atoms with Crippen molar-refractivity contribution in [2.75, 3.05) is 23.3 Å². The molecule has 5 nitrogen and oxygen atoms in total. The third-order valence-corrected chi connectivity index (χ3v) is 6.55. The number of hydrogen-bond acceptors (Lipinski definition) is 4. The first-order valence-corrected chi connectivity index (χ1v) is 12.6. The Hall–Kier alpha value is -4.27. The molecule has 0 radical (unpaired) electrons. The number of rotatable bonds is 9. The second kappa shape index (κ2) is 12.1. The van der Waals surface area contributed by atoms with Gasteiger partial charge in [-0.25, -0.2) is 0 Å². The maximum Gasteiger partial charge on any atom is 0.266 e. The minimum atomic E-state index is -0.483. The van der Waals surface area contributed by atoms with Crippen molar-refractivity contribution in [2.45, 2.75) is 20.5 Å². The van der Waals surface area contributed by atoms with Crippen LogP contribution in [0.1, 0.15) is 25.0 Å². The van der Waals surface area contributed by atoms with Crippen molar-refractivity contribution in [1.29, 1.82) is 5.26 Å². The number of ether oxygens (including phenoxy) is 1. The summed E-state index contributed by atoms with van der Waals surface area (Å²) in [4.78, 5) is 15.3. The zero-order chi connectivity index (χ0) is 26.2. The smallest absolute Gasteiger partial charge is 0.266 e. The number of nitrogens with one attached hydrogen (secondary N) is 1. The van der Waals surface area contributed by atoms with Crippen LogP contribution in [0.15, 0.2) is 90.5 Å². The third-order valence-electron chi connectivity index (χ3n) is 6.18. The van der Waals surface area contributed by atoms with Gasteiger partial charge in [-0.1, -0.05) is 60.1 Å². The molecule has 0 fully saturated rings. The normalized spacial score (nSPS) is 11.1. The van der Waals surface area contributed by atoms with Gasteiger partial charge in [-0.3, -0.25) is 4.79 Å². The highest BCUT2D eigenvalue weighted by Crippen LogP contribution is 2.32. The molecule has 0 saturated heterocycles. The van der Waals surface area contributed by atoms with Crippen LogP contribution in [-0.2, 0) is 11.4 Å². The molecule has 1 amide bonds. The van der Waals surface area contributed by atoms with Gasteiger partial charge in [0.2, 0.25) is 0 Å². The van der Waals surface area contributed by atoms with E-state index in [0.29, 0.717) is 22.0 Å². The van der Waals surface area contributed by atoms with Crippen LogP contribution in [0, 0.1) is 11.3 Å². The first-order valence-electron chi connectivity index (χ1n) is 12.2. The Labute approximate surface area is 222 Å². The number of amides is 1. The number of halogens is 1. The van der Waals surface area contributed by atoms with Crippen molar-refractivity contribution in [1.82, 2.24) is 0 Å². The van der Waals surface area contributed by atoms with E-state index >= 15 is 0 Å². The summed E-state index contributed by atoms with van der Waals surface area (Å²) < 4.78 is 6.14. The fourth-order valence-corrected chi connectivity index (χ4v) is 4.35. The molecule has 0 aromatic heterocycles. The van der Waals surface area contributed by atoms with E-state index in [0.717, 1.165) is 35.1 Å². The van der Waals surface area contributed by atoms with Crippen LogP contribution in [0.2, 0.25) is 5.02 Å². The Morgan fingerprint density at radius 1 is 0.973 bits per heavy atom. The van der Waals surface area contributed by atoms with E-state index in [1.54, 1.807) is 6.08 Å². The molecule has 0 aliphatic carbocycles. The average Bonchev–Trinajstić information content (AvgIpc) is 2.93. The van der Waals surface area contributed by atoms with Crippen LogP contribution in [0.5, 0.6) is 5.75 Å². The lowest BCUT2D eigenvalue weighted by Gasteiger charge is -2.21. The average molecular weight is 510 g/mol. The van der Waals surface area contributed by atoms with E-state index in [2.05, 4.69) is 30.1 Å². The molecular formula is C31H28ClN3O2. The predicted molar refractivity (Wildman–Crippen MR) is 152 cm³/mol. The summed E-state index contributed by atoms with van der Waals surface area (Å²) in [6.45, 7) is 6.25. The van der Waals surface area contributed by atoms with E-state index in [1.165, 1.54) is 0 Å². The molecule has 0 unspecified atom stereocenters. The van der Waals surface area contributed by atoms with Crippen molar-refractivity contribution in [3.63, 3.8) is 0 Å². The van der Waals surface area contributed by atoms with Gasteiger partial charge in [0, 0.05) is 40.6 Å². The highest BCUT2D eigenvalue weighted by molar-refractivity contribution is 6.31. The summed E-state index contributed by atoms with van der Waals surface area (Å²) in [6, 6.07) is 28.7. The topological polar surface area (TPSA) is 65.4 Å². The van der Waals surface area contributed by atoms with Gasteiger partial charge in [0.1, 0.15) is 24.0 Å². The van der Waals surface area contributed by atoms with Gasteiger partial charge >= 0.3 is 0 Å². The van der Waals surface area contributed by atoms with E-state index < -0.39 is 5.91 Å². The zero-order valence-corrected chi connectivity index (χ0v) is 21.6. The molecule has 37 heavy (non-hydrogen) atoms. The first-order chi connectivity index (χ1) is 18.0. The van der Waals surface area contributed by atoms with Gasteiger partial charge in [-0.15, -0.1) is 0 Å². The molecule has 4 aromatic rings. The highest BCUT2D eigenvalue weighted by Gasteiger charge is 2.15. The second-order valence-electron chi connectivity index (χ2n) is 8.42. The second-order valence-corrected chi connectivity index (χ2v) is 8.83. The molecule has 1 N–H and O–H groups in total. The Kier molecular flexibility index (Phi) is 8.45. The molecule has 6 heteroatoms. The van der Waals surface area contributed by atoms with Gasteiger partial charge in [-0.05, 0) is 67.1 Å². The van der Waals surface area contributed by atoms with Gasteiger partial charge < -0.3 is 15.0 Å². The van der Waals surface area contributed by atoms with Crippen LogP contribution in [0.3, 0.4) is 0 Å². The van der Waals surface area contributed by atoms with Crippen LogP contribution in [-0.4, -0.2) is 19.0 Å². The number of nitriles is 1. The molecule has 0 aliphatic heterocycles. The van der Waals surface area contributed by atoms with Crippen LogP contribution >= 0.6 is 11.6 Å². The maximum atomic E-state index is 13.1. The molecule has 4 rings (SSSR count). The summed E-state index contributed by atoms with van der Waals surface area (Å²) in [5.74, 6) is 0.0748. The summed E-state index contributed by atoms with van der Waals surface area (Å²) in [7, 11) is 0. The Morgan fingerprint density at radius 2 is 1.68 bits per heavy atom. The largest absolute Gasteiger partial charge is 0.488 e. The lowest BCUT2D eigenvalue weighted by molar-refractivity contribution is -0.112. The van der Waals surface area contributed by atoms with Crippen molar-refractivity contribution in [2.24, 2.45) is 0 Å². The number of carbonyl (C=O) groups excluding carboxylic acids is 1. The SMILES string of the molecule is CCN(CC)c1ccc(NC(=O)/C(C#N)=C\c2c(OCc3ccccc3Cl)ccc3ccccc23)cc1. The number of hydrogen-bond donors (Lipinski definition) is 1. The van der Waals surface area contributed by atoms with Gasteiger partial charge in [0.15, 0.2) is 0 Å². The highest BCUT2D eigenvalue weighted by atomic mass is 35.5. The minimum absolute atomic E-state index is 0.0215. The maximum absolute atomic E-state index is 13.1. The van der Waals surface area contributed by atoms with E-state index in [9.17, 15) is 10.1 Å². The minimum Gasteiger partial charge on any atom is -0.488 e. The van der Waals surface area contributed by atoms with Crippen LogP contribution < -0.4 is 15.0 Å².